The van der Waals surface area contributed by atoms with Crippen molar-refractivity contribution in [2.75, 3.05) is 37.7 Å². The minimum Gasteiger partial charge on any atom is -0.466 e. The number of hydrogen-bond acceptors (Lipinski definition) is 8. The monoisotopic (exact) mass is 480 g/mol. The van der Waals surface area contributed by atoms with Crippen molar-refractivity contribution >= 4 is 27.6 Å². The van der Waals surface area contributed by atoms with Crippen LogP contribution in [0, 0.1) is 18.6 Å². The van der Waals surface area contributed by atoms with Gasteiger partial charge < -0.3 is 9.64 Å². The van der Waals surface area contributed by atoms with E-state index in [0.717, 1.165) is 12.1 Å². The lowest BCUT2D eigenvalue weighted by Crippen LogP contribution is -2.49. The SMILES string of the molecule is CCOC(=O)Cc1c(C)nc2ncnn2c1N1CCN(S(=O)(=O)c2ccc(F)c(F)c2)CC1. The summed E-state index contributed by atoms with van der Waals surface area (Å²) in [6, 6.07) is 2.52. The predicted molar refractivity (Wildman–Crippen MR) is 113 cm³/mol. The van der Waals surface area contributed by atoms with E-state index in [1.54, 1.807) is 13.8 Å². The van der Waals surface area contributed by atoms with E-state index in [-0.39, 0.29) is 44.1 Å². The summed E-state index contributed by atoms with van der Waals surface area (Å²) < 4.78 is 60.5. The number of aromatic nitrogens is 4. The number of piperazine rings is 1. The Morgan fingerprint density at radius 2 is 1.88 bits per heavy atom. The van der Waals surface area contributed by atoms with E-state index in [2.05, 4.69) is 15.1 Å². The van der Waals surface area contributed by atoms with Crippen molar-refractivity contribution in [2.45, 2.75) is 25.2 Å². The molecule has 0 bridgehead atoms. The molecule has 0 aliphatic carbocycles. The molecule has 10 nitrogen and oxygen atoms in total. The number of anilines is 1. The molecule has 13 heteroatoms. The second-order valence-corrected chi connectivity index (χ2v) is 9.36. The quantitative estimate of drug-likeness (QED) is 0.486. The third-order valence-electron chi connectivity index (χ3n) is 5.40. The molecule has 1 aromatic carbocycles. The highest BCUT2D eigenvalue weighted by Crippen LogP contribution is 2.27. The molecule has 0 saturated carbocycles. The lowest BCUT2D eigenvalue weighted by Gasteiger charge is -2.36. The third-order valence-corrected chi connectivity index (χ3v) is 7.29. The standard InChI is InChI=1S/C20H22F2N6O4S/c1-3-32-18(29)11-15-13(2)25-20-23-12-24-28(20)19(15)26-6-8-27(9-7-26)33(30,31)14-4-5-16(21)17(22)10-14/h4-5,10,12H,3,6-9,11H2,1-2H3. The Kier molecular flexibility index (Phi) is 6.26. The fourth-order valence-electron chi connectivity index (χ4n) is 3.78. The van der Waals surface area contributed by atoms with Gasteiger partial charge in [-0.05, 0) is 32.0 Å². The van der Waals surface area contributed by atoms with Crippen LogP contribution in [0.3, 0.4) is 0 Å². The molecule has 0 atom stereocenters. The molecule has 3 heterocycles. The van der Waals surface area contributed by atoms with Crippen molar-refractivity contribution in [3.05, 3.63) is 47.4 Å². The Morgan fingerprint density at radius 3 is 2.55 bits per heavy atom. The minimum absolute atomic E-state index is 0.0226. The van der Waals surface area contributed by atoms with Gasteiger partial charge in [0, 0.05) is 37.4 Å². The topological polar surface area (TPSA) is 110 Å². The maximum absolute atomic E-state index is 13.6. The van der Waals surface area contributed by atoms with Crippen LogP contribution < -0.4 is 4.90 Å². The van der Waals surface area contributed by atoms with Gasteiger partial charge in [-0.3, -0.25) is 4.79 Å². The largest absolute Gasteiger partial charge is 0.466 e. The van der Waals surface area contributed by atoms with E-state index in [0.29, 0.717) is 28.9 Å². The zero-order valence-corrected chi connectivity index (χ0v) is 18.8. The van der Waals surface area contributed by atoms with Gasteiger partial charge in [-0.1, -0.05) is 0 Å². The van der Waals surface area contributed by atoms with Gasteiger partial charge in [0.25, 0.3) is 5.78 Å². The number of aryl methyl sites for hydroxylation is 1. The fraction of sp³-hybridized carbons (Fsp3) is 0.400. The fourth-order valence-corrected chi connectivity index (χ4v) is 5.22. The van der Waals surface area contributed by atoms with Gasteiger partial charge >= 0.3 is 5.97 Å². The molecule has 0 spiro atoms. The Labute approximate surface area is 188 Å². The maximum atomic E-state index is 13.6. The Morgan fingerprint density at radius 1 is 1.15 bits per heavy atom. The Balaban J connectivity index is 1.62. The van der Waals surface area contributed by atoms with E-state index in [1.807, 2.05) is 4.90 Å². The average molecular weight is 480 g/mol. The van der Waals surface area contributed by atoms with Crippen LogP contribution in [0.1, 0.15) is 18.2 Å². The molecule has 1 fully saturated rings. The first-order chi connectivity index (χ1) is 15.7. The third kappa shape index (κ3) is 4.37. The summed E-state index contributed by atoms with van der Waals surface area (Å²) in [5.74, 6) is -1.81. The van der Waals surface area contributed by atoms with Crippen molar-refractivity contribution in [2.24, 2.45) is 0 Å². The van der Waals surface area contributed by atoms with E-state index >= 15 is 0 Å². The van der Waals surface area contributed by atoms with Crippen molar-refractivity contribution in [3.8, 4) is 0 Å². The lowest BCUT2D eigenvalue weighted by atomic mass is 10.1. The smallest absolute Gasteiger partial charge is 0.310 e. The normalized spacial score (nSPS) is 15.2. The molecular weight excluding hydrogens is 458 g/mol. The summed E-state index contributed by atoms with van der Waals surface area (Å²) in [5.41, 5.74) is 1.21. The molecule has 33 heavy (non-hydrogen) atoms. The summed E-state index contributed by atoms with van der Waals surface area (Å²) in [4.78, 5) is 22.3. The summed E-state index contributed by atoms with van der Waals surface area (Å²) in [5, 5.41) is 4.22. The van der Waals surface area contributed by atoms with Crippen LogP contribution in [-0.4, -0.2) is 71.1 Å². The number of ether oxygens (including phenoxy) is 1. The zero-order valence-electron chi connectivity index (χ0n) is 18.0. The van der Waals surface area contributed by atoms with Crippen LogP contribution in [0.25, 0.3) is 5.78 Å². The van der Waals surface area contributed by atoms with Crippen molar-refractivity contribution in [1.29, 1.82) is 0 Å². The van der Waals surface area contributed by atoms with Crippen LogP contribution in [0.2, 0.25) is 0 Å². The molecule has 0 amide bonds. The second kappa shape index (κ2) is 8.98. The van der Waals surface area contributed by atoms with Gasteiger partial charge in [0.2, 0.25) is 10.0 Å². The molecule has 0 radical (unpaired) electrons. The molecule has 2 aromatic heterocycles. The molecule has 1 aliphatic heterocycles. The molecular formula is C20H22F2N6O4S. The van der Waals surface area contributed by atoms with Crippen LogP contribution in [0.15, 0.2) is 29.4 Å². The van der Waals surface area contributed by atoms with E-state index in [1.165, 1.54) is 15.1 Å². The van der Waals surface area contributed by atoms with Crippen LogP contribution >= 0.6 is 0 Å². The Hall–Kier alpha value is -3.19. The van der Waals surface area contributed by atoms with E-state index < -0.39 is 27.6 Å². The second-order valence-electron chi connectivity index (χ2n) is 7.42. The number of sulfonamides is 1. The number of nitrogens with zero attached hydrogens (tertiary/aromatic N) is 6. The molecule has 4 rings (SSSR count). The molecule has 3 aromatic rings. The van der Waals surface area contributed by atoms with Gasteiger partial charge in [0.05, 0.1) is 17.9 Å². The van der Waals surface area contributed by atoms with Gasteiger partial charge in [-0.2, -0.15) is 18.9 Å². The summed E-state index contributed by atoms with van der Waals surface area (Å²) in [6.07, 6.45) is 1.33. The molecule has 0 N–H and O–H groups in total. The molecule has 1 aliphatic rings. The van der Waals surface area contributed by atoms with Crippen LogP contribution in [0.5, 0.6) is 0 Å². The van der Waals surface area contributed by atoms with Crippen molar-refractivity contribution < 1.29 is 26.7 Å². The zero-order chi connectivity index (χ0) is 23.8. The molecule has 176 valence electrons. The number of rotatable bonds is 6. The van der Waals surface area contributed by atoms with Crippen molar-refractivity contribution in [1.82, 2.24) is 23.9 Å². The van der Waals surface area contributed by atoms with Gasteiger partial charge in [-0.15, -0.1) is 0 Å². The first-order valence-corrected chi connectivity index (χ1v) is 11.7. The summed E-state index contributed by atoms with van der Waals surface area (Å²) in [6.45, 7) is 4.46. The number of halogens is 2. The van der Waals surface area contributed by atoms with Crippen molar-refractivity contribution in [3.63, 3.8) is 0 Å². The molecule has 0 unspecified atom stereocenters. The van der Waals surface area contributed by atoms with Gasteiger partial charge in [0.1, 0.15) is 12.1 Å². The number of fused-ring (bicyclic) bond motifs is 1. The predicted octanol–water partition coefficient (Wildman–Crippen LogP) is 1.33. The maximum Gasteiger partial charge on any atom is 0.310 e. The average Bonchev–Trinajstić information content (AvgIpc) is 3.24. The first kappa shape index (κ1) is 23.0. The van der Waals surface area contributed by atoms with Gasteiger partial charge in [0.15, 0.2) is 11.6 Å². The van der Waals surface area contributed by atoms with Gasteiger partial charge in [-0.25, -0.2) is 22.2 Å². The minimum atomic E-state index is -4.00. The van der Waals surface area contributed by atoms with E-state index in [9.17, 15) is 22.0 Å². The highest BCUT2D eigenvalue weighted by atomic mass is 32.2. The molecule has 1 saturated heterocycles. The first-order valence-electron chi connectivity index (χ1n) is 10.3. The number of esters is 1. The number of carbonyl (C=O) groups excluding carboxylic acids is 1. The Bertz CT molecular complexity index is 1310. The highest BCUT2D eigenvalue weighted by Gasteiger charge is 2.32. The van der Waals surface area contributed by atoms with Crippen LogP contribution in [0.4, 0.5) is 14.6 Å². The van der Waals surface area contributed by atoms with E-state index in [4.69, 9.17) is 4.74 Å². The number of carbonyl (C=O) groups is 1. The summed E-state index contributed by atoms with van der Waals surface area (Å²) in [7, 11) is -4.00. The highest BCUT2D eigenvalue weighted by molar-refractivity contribution is 7.89. The lowest BCUT2D eigenvalue weighted by molar-refractivity contribution is -0.142. The number of hydrogen-bond donors (Lipinski definition) is 0. The van der Waals surface area contributed by atoms with Crippen LogP contribution in [-0.2, 0) is 26.0 Å². The number of benzene rings is 1. The summed E-state index contributed by atoms with van der Waals surface area (Å²) >= 11 is 0.